The lowest BCUT2D eigenvalue weighted by molar-refractivity contribution is -0.137. The smallest absolute Gasteiger partial charge is 0.356 e. The molecular formula is C11H12BrF3IN3. The fourth-order valence-electron chi connectivity index (χ4n) is 2.09. The quantitative estimate of drug-likeness (QED) is 0.550. The van der Waals surface area contributed by atoms with Crippen LogP contribution in [-0.4, -0.2) is 24.1 Å². The van der Waals surface area contributed by atoms with Crippen LogP contribution < -0.4 is 8.43 Å². The zero-order valence-electron chi connectivity index (χ0n) is 9.84. The molecule has 2 rings (SSSR count). The first-order chi connectivity index (χ1) is 8.91. The second-order valence-electron chi connectivity index (χ2n) is 4.39. The highest BCUT2D eigenvalue weighted by molar-refractivity contribution is 14.1. The third-order valence-corrected chi connectivity index (χ3v) is 4.40. The van der Waals surface area contributed by atoms with Gasteiger partial charge in [-0.05, 0) is 34.8 Å². The molecule has 19 heavy (non-hydrogen) atoms. The van der Waals surface area contributed by atoms with Gasteiger partial charge in [-0.1, -0.05) is 0 Å². The van der Waals surface area contributed by atoms with Crippen molar-refractivity contribution < 1.29 is 13.2 Å². The lowest BCUT2D eigenvalue weighted by Crippen LogP contribution is -2.40. The Morgan fingerprint density at radius 1 is 1.37 bits per heavy atom. The molecule has 8 heteroatoms. The van der Waals surface area contributed by atoms with Gasteiger partial charge in [-0.2, -0.15) is 13.2 Å². The van der Waals surface area contributed by atoms with Crippen LogP contribution >= 0.6 is 38.8 Å². The van der Waals surface area contributed by atoms with Crippen LogP contribution in [0.4, 0.5) is 19.0 Å². The standard InChI is InChI=1S/C11H12BrF3IN3/c12-7-5-9(11(13,14)15)10(17-6-7)19-3-1-8(18-16)2-4-19/h5-6,8,18H,1-4H2. The number of anilines is 1. The van der Waals surface area contributed by atoms with E-state index in [0.29, 0.717) is 23.6 Å². The second kappa shape index (κ2) is 6.13. The third-order valence-electron chi connectivity index (χ3n) is 3.09. The average Bonchev–Trinajstić information content (AvgIpc) is 2.38. The maximum atomic E-state index is 13.0. The van der Waals surface area contributed by atoms with Crippen LogP contribution in [0.25, 0.3) is 0 Å². The molecule has 1 aliphatic heterocycles. The van der Waals surface area contributed by atoms with Crippen LogP contribution in [0.15, 0.2) is 16.7 Å². The Morgan fingerprint density at radius 2 is 2.00 bits per heavy atom. The number of nitrogens with zero attached hydrogens (tertiary/aromatic N) is 2. The normalized spacial score (nSPS) is 17.8. The van der Waals surface area contributed by atoms with Gasteiger partial charge in [0.1, 0.15) is 5.82 Å². The minimum absolute atomic E-state index is 0.0302. The second-order valence-corrected chi connectivity index (χ2v) is 5.93. The fourth-order valence-corrected chi connectivity index (χ4v) is 3.05. The molecule has 0 amide bonds. The van der Waals surface area contributed by atoms with Gasteiger partial charge in [0.25, 0.3) is 0 Å². The molecule has 0 aliphatic carbocycles. The van der Waals surface area contributed by atoms with Gasteiger partial charge < -0.3 is 4.90 Å². The number of nitrogens with one attached hydrogen (secondary N) is 1. The zero-order chi connectivity index (χ0) is 14.0. The summed E-state index contributed by atoms with van der Waals surface area (Å²) in [7, 11) is 0. The molecule has 0 saturated carbocycles. The van der Waals surface area contributed by atoms with Crippen LogP contribution in [0.5, 0.6) is 0 Å². The number of hydrogen-bond donors (Lipinski definition) is 1. The van der Waals surface area contributed by atoms with Crippen molar-refractivity contribution in [3.63, 3.8) is 0 Å². The maximum Gasteiger partial charge on any atom is 0.419 e. The van der Waals surface area contributed by atoms with Gasteiger partial charge in [-0.25, -0.2) is 4.98 Å². The monoisotopic (exact) mass is 449 g/mol. The third kappa shape index (κ3) is 3.72. The van der Waals surface area contributed by atoms with E-state index in [2.05, 4.69) is 47.3 Å². The molecule has 0 spiro atoms. The number of hydrogen-bond acceptors (Lipinski definition) is 3. The molecule has 0 atom stereocenters. The van der Waals surface area contributed by atoms with E-state index >= 15 is 0 Å². The molecule has 0 radical (unpaired) electrons. The van der Waals surface area contributed by atoms with Gasteiger partial charge in [-0.15, -0.1) is 0 Å². The summed E-state index contributed by atoms with van der Waals surface area (Å²) in [6.45, 7) is 1.16. The molecule has 106 valence electrons. The average molecular weight is 450 g/mol. The number of alkyl halides is 3. The number of aromatic nitrogens is 1. The first-order valence-corrected chi connectivity index (χ1v) is 7.63. The van der Waals surface area contributed by atoms with Crippen molar-refractivity contribution in [2.24, 2.45) is 0 Å². The lowest BCUT2D eigenvalue weighted by atomic mass is 10.1. The van der Waals surface area contributed by atoms with Gasteiger partial charge >= 0.3 is 6.18 Å². The topological polar surface area (TPSA) is 28.2 Å². The molecule has 1 N–H and O–H groups in total. The Hall–Kier alpha value is -0.0900. The summed E-state index contributed by atoms with van der Waals surface area (Å²) < 4.78 is 42.5. The largest absolute Gasteiger partial charge is 0.419 e. The van der Waals surface area contributed by atoms with E-state index in [1.165, 1.54) is 6.20 Å². The Labute approximate surface area is 131 Å². The van der Waals surface area contributed by atoms with Crippen LogP contribution in [-0.2, 0) is 6.18 Å². The van der Waals surface area contributed by atoms with Crippen LogP contribution in [0.2, 0.25) is 0 Å². The summed E-state index contributed by atoms with van der Waals surface area (Å²) >= 11 is 5.12. The molecule has 2 heterocycles. The van der Waals surface area contributed by atoms with Crippen molar-refractivity contribution >= 4 is 44.6 Å². The van der Waals surface area contributed by atoms with Crippen molar-refractivity contribution in [2.75, 3.05) is 18.0 Å². The number of pyridine rings is 1. The lowest BCUT2D eigenvalue weighted by Gasteiger charge is -2.33. The molecule has 1 aromatic rings. The van der Waals surface area contributed by atoms with Crippen molar-refractivity contribution in [3.8, 4) is 0 Å². The van der Waals surface area contributed by atoms with Crippen molar-refractivity contribution in [2.45, 2.75) is 25.1 Å². The van der Waals surface area contributed by atoms with Crippen LogP contribution in [0, 0.1) is 0 Å². The minimum atomic E-state index is -4.38. The summed E-state index contributed by atoms with van der Waals surface area (Å²) in [5, 5.41) is 0. The molecule has 3 nitrogen and oxygen atoms in total. The van der Waals surface area contributed by atoms with E-state index in [0.717, 1.165) is 18.9 Å². The highest BCUT2D eigenvalue weighted by Crippen LogP contribution is 2.37. The Morgan fingerprint density at radius 3 is 2.53 bits per heavy atom. The Balaban J connectivity index is 2.25. The maximum absolute atomic E-state index is 13.0. The molecule has 1 aromatic heterocycles. The van der Waals surface area contributed by atoms with Gasteiger partial charge in [-0.3, -0.25) is 3.53 Å². The van der Waals surface area contributed by atoms with Gasteiger partial charge in [0.15, 0.2) is 0 Å². The number of piperidine rings is 1. The highest BCUT2D eigenvalue weighted by Gasteiger charge is 2.36. The summed E-state index contributed by atoms with van der Waals surface area (Å²) in [6, 6.07) is 1.45. The molecular weight excluding hydrogens is 438 g/mol. The van der Waals surface area contributed by atoms with Crippen LogP contribution in [0.1, 0.15) is 18.4 Å². The SMILES string of the molecule is FC(F)(F)c1cc(Br)cnc1N1CCC(NI)CC1. The van der Waals surface area contributed by atoms with E-state index in [-0.39, 0.29) is 5.82 Å². The first kappa shape index (κ1) is 15.3. The van der Waals surface area contributed by atoms with Crippen molar-refractivity contribution in [1.29, 1.82) is 0 Å². The minimum Gasteiger partial charge on any atom is -0.356 e. The number of halogens is 5. The summed E-state index contributed by atoms with van der Waals surface area (Å²) in [6.07, 6.45) is -1.34. The highest BCUT2D eigenvalue weighted by atomic mass is 127. The van der Waals surface area contributed by atoms with Crippen molar-refractivity contribution in [1.82, 2.24) is 8.51 Å². The van der Waals surface area contributed by atoms with Gasteiger partial charge in [0.2, 0.25) is 0 Å². The number of rotatable bonds is 2. The first-order valence-electron chi connectivity index (χ1n) is 5.75. The summed E-state index contributed by atoms with van der Waals surface area (Å²) in [5.41, 5.74) is -0.678. The predicted octanol–water partition coefficient (Wildman–Crippen LogP) is 3.77. The van der Waals surface area contributed by atoms with Crippen molar-refractivity contribution in [3.05, 3.63) is 22.3 Å². The molecule has 1 aliphatic rings. The predicted molar refractivity (Wildman–Crippen MR) is 79.3 cm³/mol. The Kier molecular flexibility index (Phi) is 4.93. The zero-order valence-corrected chi connectivity index (χ0v) is 13.6. The van der Waals surface area contributed by atoms with E-state index in [1.54, 1.807) is 4.90 Å². The Bertz CT molecular complexity index is 447. The van der Waals surface area contributed by atoms with E-state index < -0.39 is 11.7 Å². The summed E-state index contributed by atoms with van der Waals surface area (Å²) in [4.78, 5) is 5.66. The molecule has 1 fully saturated rings. The molecule has 0 unspecified atom stereocenters. The van der Waals surface area contributed by atoms with E-state index in [9.17, 15) is 13.2 Å². The molecule has 1 saturated heterocycles. The van der Waals surface area contributed by atoms with Crippen LogP contribution in [0.3, 0.4) is 0 Å². The van der Waals surface area contributed by atoms with Gasteiger partial charge in [0, 0.05) is 52.7 Å². The molecule has 0 aromatic carbocycles. The van der Waals surface area contributed by atoms with E-state index in [4.69, 9.17) is 0 Å². The fraction of sp³-hybridized carbons (Fsp3) is 0.545. The molecule has 0 bridgehead atoms. The van der Waals surface area contributed by atoms with E-state index in [1.807, 2.05) is 0 Å². The summed E-state index contributed by atoms with van der Waals surface area (Å²) in [5.74, 6) is 0.0302. The van der Waals surface area contributed by atoms with Gasteiger partial charge in [0.05, 0.1) is 5.56 Å².